The Labute approximate surface area is 237 Å². The van der Waals surface area contributed by atoms with Gasteiger partial charge in [-0.1, -0.05) is 20.3 Å². The molecule has 1 amide bonds. The molecule has 1 aromatic heterocycles. The first-order valence-corrected chi connectivity index (χ1v) is 14.6. The second-order valence-electron chi connectivity index (χ2n) is 11.8. The SMILES string of the molecule is Cc1cc(C)c(C(=O)OCC(=O)[C@H](C[C@@H]2CCCCC2=O)NC(=O)[C@@H](CC(=O)[C@H]2CCCO2)CC(C)C)c(C)n1. The Morgan fingerprint density at radius 3 is 2.48 bits per heavy atom. The summed E-state index contributed by atoms with van der Waals surface area (Å²) >= 11 is 0. The number of aromatic nitrogens is 1. The molecule has 1 N–H and O–H groups in total. The Morgan fingerprint density at radius 2 is 1.85 bits per heavy atom. The van der Waals surface area contributed by atoms with Crippen LogP contribution >= 0.6 is 0 Å². The number of Topliss-reactive ketones (excluding diaryl/α,β-unsaturated/α-hetero) is 3. The molecule has 2 fully saturated rings. The van der Waals surface area contributed by atoms with Gasteiger partial charge in [0.15, 0.2) is 18.2 Å². The van der Waals surface area contributed by atoms with E-state index < -0.39 is 42.3 Å². The summed E-state index contributed by atoms with van der Waals surface area (Å²) in [5.41, 5.74) is 2.30. The van der Waals surface area contributed by atoms with Gasteiger partial charge >= 0.3 is 5.97 Å². The summed E-state index contributed by atoms with van der Waals surface area (Å²) in [5, 5.41) is 2.84. The number of hydrogen-bond acceptors (Lipinski definition) is 8. The zero-order valence-corrected chi connectivity index (χ0v) is 24.5. The third kappa shape index (κ3) is 8.78. The average Bonchev–Trinajstić information content (AvgIpc) is 3.42. The summed E-state index contributed by atoms with van der Waals surface area (Å²) in [6.07, 6.45) is 4.46. The number of nitrogens with zero attached hydrogens (tertiary/aromatic N) is 1. The first-order chi connectivity index (χ1) is 19.0. The van der Waals surface area contributed by atoms with Crippen LogP contribution in [0.2, 0.25) is 0 Å². The zero-order valence-electron chi connectivity index (χ0n) is 24.5. The Kier molecular flexibility index (Phi) is 11.5. The fourth-order valence-electron chi connectivity index (χ4n) is 5.85. The highest BCUT2D eigenvalue weighted by Gasteiger charge is 2.34. The molecular weight excluding hydrogens is 512 g/mol. The molecule has 2 heterocycles. The monoisotopic (exact) mass is 556 g/mol. The van der Waals surface area contributed by atoms with E-state index in [9.17, 15) is 24.0 Å². The second-order valence-corrected chi connectivity index (χ2v) is 11.8. The van der Waals surface area contributed by atoms with Crippen molar-refractivity contribution in [3.05, 3.63) is 28.6 Å². The number of carbonyl (C=O) groups is 5. The fraction of sp³-hybridized carbons (Fsp3) is 0.677. The molecule has 1 saturated heterocycles. The predicted molar refractivity (Wildman–Crippen MR) is 149 cm³/mol. The van der Waals surface area contributed by atoms with Gasteiger partial charge in [-0.25, -0.2) is 4.79 Å². The topological polar surface area (TPSA) is 129 Å². The number of ketones is 3. The van der Waals surface area contributed by atoms with E-state index in [4.69, 9.17) is 9.47 Å². The molecule has 40 heavy (non-hydrogen) atoms. The van der Waals surface area contributed by atoms with Crippen LogP contribution in [0.4, 0.5) is 0 Å². The number of carbonyl (C=O) groups excluding carboxylic acids is 5. The van der Waals surface area contributed by atoms with Gasteiger partial charge in [0.1, 0.15) is 11.9 Å². The van der Waals surface area contributed by atoms with Crippen LogP contribution in [0.5, 0.6) is 0 Å². The van der Waals surface area contributed by atoms with Gasteiger partial charge < -0.3 is 14.8 Å². The van der Waals surface area contributed by atoms with Gasteiger partial charge in [0.25, 0.3) is 0 Å². The van der Waals surface area contributed by atoms with Crippen LogP contribution in [-0.2, 0) is 28.7 Å². The van der Waals surface area contributed by atoms with Crippen LogP contribution in [0.1, 0.15) is 98.9 Å². The van der Waals surface area contributed by atoms with E-state index in [1.807, 2.05) is 20.8 Å². The number of rotatable bonds is 13. The van der Waals surface area contributed by atoms with Crippen molar-refractivity contribution >= 4 is 29.2 Å². The molecule has 0 aromatic carbocycles. The van der Waals surface area contributed by atoms with Gasteiger partial charge in [0.2, 0.25) is 5.91 Å². The van der Waals surface area contributed by atoms with E-state index in [-0.39, 0.29) is 36.2 Å². The number of amides is 1. The van der Waals surface area contributed by atoms with Crippen LogP contribution in [-0.4, -0.2) is 59.6 Å². The van der Waals surface area contributed by atoms with Crippen LogP contribution in [0.25, 0.3) is 0 Å². The quantitative estimate of drug-likeness (QED) is 0.359. The van der Waals surface area contributed by atoms with E-state index in [1.54, 1.807) is 19.9 Å². The Morgan fingerprint density at radius 1 is 1.10 bits per heavy atom. The number of aryl methyl sites for hydroxylation is 3. The minimum atomic E-state index is -1.00. The van der Waals surface area contributed by atoms with Crippen LogP contribution < -0.4 is 5.32 Å². The first kappa shape index (κ1) is 31.6. The molecule has 1 saturated carbocycles. The summed E-state index contributed by atoms with van der Waals surface area (Å²) < 4.78 is 10.9. The molecule has 9 heteroatoms. The Balaban J connectivity index is 1.73. The number of hydrogen-bond donors (Lipinski definition) is 1. The molecule has 1 aliphatic heterocycles. The molecule has 0 spiro atoms. The van der Waals surface area contributed by atoms with E-state index in [0.717, 1.165) is 25.0 Å². The maximum atomic E-state index is 13.5. The number of ether oxygens (including phenoxy) is 2. The van der Waals surface area contributed by atoms with Crippen LogP contribution in [0.15, 0.2) is 6.07 Å². The lowest BCUT2D eigenvalue weighted by atomic mass is 9.82. The van der Waals surface area contributed by atoms with Crippen molar-refractivity contribution in [3.8, 4) is 0 Å². The molecule has 0 radical (unpaired) electrons. The maximum absolute atomic E-state index is 13.5. The predicted octanol–water partition coefficient (Wildman–Crippen LogP) is 4.17. The van der Waals surface area contributed by atoms with Crippen molar-refractivity contribution in [2.45, 2.75) is 105 Å². The number of esters is 1. The van der Waals surface area contributed by atoms with Gasteiger partial charge in [-0.2, -0.15) is 0 Å². The minimum absolute atomic E-state index is 0.0336. The second kappa shape index (κ2) is 14.6. The normalized spacial score (nSPS) is 20.7. The van der Waals surface area contributed by atoms with Crippen molar-refractivity contribution in [1.82, 2.24) is 10.3 Å². The summed E-state index contributed by atoms with van der Waals surface area (Å²) in [6.45, 7) is 9.28. The molecule has 3 rings (SSSR count). The molecule has 1 aliphatic carbocycles. The molecule has 0 bridgehead atoms. The van der Waals surface area contributed by atoms with Gasteiger partial charge in [0.05, 0.1) is 17.3 Å². The highest BCUT2D eigenvalue weighted by molar-refractivity contribution is 5.97. The smallest absolute Gasteiger partial charge is 0.340 e. The molecule has 220 valence electrons. The lowest BCUT2D eigenvalue weighted by molar-refractivity contribution is -0.136. The summed E-state index contributed by atoms with van der Waals surface area (Å²) in [4.78, 5) is 69.5. The van der Waals surface area contributed by atoms with Gasteiger partial charge in [-0.15, -0.1) is 0 Å². The summed E-state index contributed by atoms with van der Waals surface area (Å²) in [7, 11) is 0. The highest BCUT2D eigenvalue weighted by Crippen LogP contribution is 2.26. The lowest BCUT2D eigenvalue weighted by Gasteiger charge is -2.27. The van der Waals surface area contributed by atoms with Crippen molar-refractivity contribution in [3.63, 3.8) is 0 Å². The van der Waals surface area contributed by atoms with E-state index >= 15 is 0 Å². The van der Waals surface area contributed by atoms with E-state index in [1.165, 1.54) is 0 Å². The Bertz CT molecular complexity index is 1080. The molecular formula is C31H44N2O7. The number of pyridine rings is 1. The van der Waals surface area contributed by atoms with Crippen molar-refractivity contribution in [1.29, 1.82) is 0 Å². The Hall–Kier alpha value is -2.94. The summed E-state index contributed by atoms with van der Waals surface area (Å²) in [6, 6.07) is 0.772. The fourth-order valence-corrected chi connectivity index (χ4v) is 5.85. The van der Waals surface area contributed by atoms with Gasteiger partial charge in [-0.3, -0.25) is 24.2 Å². The third-order valence-corrected chi connectivity index (χ3v) is 7.84. The largest absolute Gasteiger partial charge is 0.454 e. The van der Waals surface area contributed by atoms with E-state index in [2.05, 4.69) is 10.3 Å². The van der Waals surface area contributed by atoms with E-state index in [0.29, 0.717) is 49.1 Å². The molecule has 0 unspecified atom stereocenters. The third-order valence-electron chi connectivity index (χ3n) is 7.84. The number of nitrogens with one attached hydrogen (secondary N) is 1. The first-order valence-electron chi connectivity index (χ1n) is 14.6. The molecule has 2 aliphatic rings. The molecule has 9 nitrogen and oxygen atoms in total. The zero-order chi connectivity index (χ0) is 29.4. The van der Waals surface area contributed by atoms with Crippen molar-refractivity contribution in [2.24, 2.45) is 17.8 Å². The molecule has 1 aromatic rings. The van der Waals surface area contributed by atoms with Gasteiger partial charge in [-0.05, 0) is 76.8 Å². The van der Waals surface area contributed by atoms with Crippen molar-refractivity contribution in [2.75, 3.05) is 13.2 Å². The van der Waals surface area contributed by atoms with Crippen LogP contribution in [0.3, 0.4) is 0 Å². The van der Waals surface area contributed by atoms with Crippen LogP contribution in [0, 0.1) is 38.5 Å². The van der Waals surface area contributed by atoms with Gasteiger partial charge in [0, 0.05) is 37.0 Å². The lowest BCUT2D eigenvalue weighted by Crippen LogP contribution is -2.47. The summed E-state index contributed by atoms with van der Waals surface area (Å²) in [5.74, 6) is -2.38. The standard InChI is InChI=1S/C31H44N2O7/c1-18(2)13-23(16-26(35)28-11-8-12-39-28)30(37)33-24(15-22-9-6-7-10-25(22)34)27(36)17-40-31(38)29-19(3)14-20(4)32-21(29)5/h14,18,22-24,28H,6-13,15-17H2,1-5H3,(H,33,37)/t22-,23+,24-,28+/m0/s1. The molecule has 4 atom stereocenters. The minimum Gasteiger partial charge on any atom is -0.454 e. The average molecular weight is 557 g/mol. The van der Waals surface area contributed by atoms with Crippen molar-refractivity contribution < 1.29 is 33.4 Å². The highest BCUT2D eigenvalue weighted by atomic mass is 16.5. The maximum Gasteiger partial charge on any atom is 0.340 e.